The average Bonchev–Trinajstić information content (AvgIpc) is 3.33. The van der Waals surface area contributed by atoms with E-state index in [-0.39, 0.29) is 0 Å². The molecule has 1 aromatic rings. The van der Waals surface area contributed by atoms with Gasteiger partial charge in [-0.25, -0.2) is 4.98 Å². The van der Waals surface area contributed by atoms with Gasteiger partial charge in [0, 0.05) is 46.3 Å². The van der Waals surface area contributed by atoms with Crippen molar-refractivity contribution < 1.29 is 0 Å². The lowest BCUT2D eigenvalue weighted by atomic mass is 9.93. The van der Waals surface area contributed by atoms with Gasteiger partial charge in [0.1, 0.15) is 12.2 Å². The summed E-state index contributed by atoms with van der Waals surface area (Å²) < 4.78 is 1.80. The van der Waals surface area contributed by atoms with Crippen LogP contribution in [0, 0.1) is 11.8 Å². The molecule has 2 heterocycles. The summed E-state index contributed by atoms with van der Waals surface area (Å²) in [6.07, 6.45) is 7.49. The number of aliphatic imine (C=N–C) groups is 1. The predicted octanol–water partition coefficient (Wildman–Crippen LogP) is 0.697. The van der Waals surface area contributed by atoms with Gasteiger partial charge >= 0.3 is 0 Å². The number of hydrogen-bond acceptors (Lipinski definition) is 4. The summed E-state index contributed by atoms with van der Waals surface area (Å²) >= 11 is 0. The Morgan fingerprint density at radius 1 is 1.25 bits per heavy atom. The highest BCUT2D eigenvalue weighted by Crippen LogP contribution is 2.46. The SMILES string of the molecule is CN=C(NCc1ncnn1C)N1CCN(C2CC3CCC2C3)CC1. The summed E-state index contributed by atoms with van der Waals surface area (Å²) in [5.41, 5.74) is 0. The van der Waals surface area contributed by atoms with E-state index in [4.69, 9.17) is 0 Å². The van der Waals surface area contributed by atoms with Crippen molar-refractivity contribution in [3.05, 3.63) is 12.2 Å². The molecular weight excluding hydrogens is 302 g/mol. The Labute approximate surface area is 144 Å². The molecule has 24 heavy (non-hydrogen) atoms. The zero-order valence-electron chi connectivity index (χ0n) is 14.9. The van der Waals surface area contributed by atoms with Gasteiger partial charge in [0.2, 0.25) is 0 Å². The third kappa shape index (κ3) is 3.01. The van der Waals surface area contributed by atoms with E-state index in [2.05, 4.69) is 30.2 Å². The first-order valence-corrected chi connectivity index (χ1v) is 9.27. The molecule has 3 atom stereocenters. The van der Waals surface area contributed by atoms with Gasteiger partial charge in [-0.15, -0.1) is 0 Å². The highest BCUT2D eigenvalue weighted by Gasteiger charge is 2.42. The number of aromatic nitrogens is 3. The van der Waals surface area contributed by atoms with Gasteiger partial charge in [-0.05, 0) is 31.1 Å². The van der Waals surface area contributed by atoms with Crippen molar-refractivity contribution in [2.75, 3.05) is 33.2 Å². The molecule has 2 saturated carbocycles. The molecule has 1 saturated heterocycles. The van der Waals surface area contributed by atoms with Crippen LogP contribution in [0.1, 0.15) is 31.5 Å². The molecule has 132 valence electrons. The summed E-state index contributed by atoms with van der Waals surface area (Å²) in [5.74, 6) is 3.91. The smallest absolute Gasteiger partial charge is 0.194 e. The van der Waals surface area contributed by atoms with Crippen LogP contribution in [0.4, 0.5) is 0 Å². The van der Waals surface area contributed by atoms with E-state index in [9.17, 15) is 0 Å². The quantitative estimate of drug-likeness (QED) is 0.652. The van der Waals surface area contributed by atoms with Crippen molar-refractivity contribution >= 4 is 5.96 Å². The largest absolute Gasteiger partial charge is 0.349 e. The second-order valence-corrected chi connectivity index (χ2v) is 7.47. The van der Waals surface area contributed by atoms with Gasteiger partial charge in [-0.2, -0.15) is 5.10 Å². The lowest BCUT2D eigenvalue weighted by molar-refractivity contribution is 0.0958. The Hall–Kier alpha value is -1.63. The maximum Gasteiger partial charge on any atom is 0.194 e. The zero-order chi connectivity index (χ0) is 16.5. The van der Waals surface area contributed by atoms with Crippen molar-refractivity contribution in [1.82, 2.24) is 29.9 Å². The number of nitrogens with one attached hydrogen (secondary N) is 1. The van der Waals surface area contributed by atoms with Crippen LogP contribution in [0.2, 0.25) is 0 Å². The first-order chi connectivity index (χ1) is 11.7. The second-order valence-electron chi connectivity index (χ2n) is 7.47. The van der Waals surface area contributed by atoms with E-state index in [1.54, 1.807) is 11.0 Å². The third-order valence-corrected chi connectivity index (χ3v) is 6.21. The molecule has 1 N–H and O–H groups in total. The van der Waals surface area contributed by atoms with Crippen LogP contribution in [0.3, 0.4) is 0 Å². The number of rotatable bonds is 3. The van der Waals surface area contributed by atoms with Gasteiger partial charge in [0.05, 0.1) is 6.54 Å². The Morgan fingerprint density at radius 2 is 2.08 bits per heavy atom. The molecule has 1 aliphatic heterocycles. The summed E-state index contributed by atoms with van der Waals surface area (Å²) in [4.78, 5) is 13.8. The lowest BCUT2D eigenvalue weighted by Crippen LogP contribution is -2.55. The first-order valence-electron chi connectivity index (χ1n) is 9.27. The number of fused-ring (bicyclic) bond motifs is 2. The minimum atomic E-state index is 0.662. The minimum absolute atomic E-state index is 0.662. The maximum atomic E-state index is 4.46. The van der Waals surface area contributed by atoms with Crippen molar-refractivity contribution in [1.29, 1.82) is 0 Å². The maximum absolute atomic E-state index is 4.46. The van der Waals surface area contributed by atoms with Crippen LogP contribution in [0.5, 0.6) is 0 Å². The zero-order valence-corrected chi connectivity index (χ0v) is 14.9. The van der Waals surface area contributed by atoms with Crippen LogP contribution in [-0.2, 0) is 13.6 Å². The van der Waals surface area contributed by atoms with Crippen LogP contribution in [0.15, 0.2) is 11.3 Å². The van der Waals surface area contributed by atoms with Crippen LogP contribution >= 0.6 is 0 Å². The molecule has 3 fully saturated rings. The summed E-state index contributed by atoms with van der Waals surface area (Å²) in [5, 5.41) is 7.54. The lowest BCUT2D eigenvalue weighted by Gasteiger charge is -2.41. The van der Waals surface area contributed by atoms with Gasteiger partial charge in [0.15, 0.2) is 5.96 Å². The number of aryl methyl sites for hydroxylation is 1. The molecule has 7 nitrogen and oxygen atoms in total. The predicted molar refractivity (Wildman–Crippen MR) is 93.6 cm³/mol. The molecular formula is C17H29N7. The monoisotopic (exact) mass is 331 g/mol. The number of hydrogen-bond donors (Lipinski definition) is 1. The Balaban J connectivity index is 1.29. The van der Waals surface area contributed by atoms with Crippen molar-refractivity contribution in [3.8, 4) is 0 Å². The molecule has 0 spiro atoms. The molecule has 7 heteroatoms. The first kappa shape index (κ1) is 15.9. The molecule has 0 aromatic carbocycles. The van der Waals surface area contributed by atoms with E-state index in [1.807, 2.05) is 14.1 Å². The van der Waals surface area contributed by atoms with E-state index in [1.165, 1.54) is 38.8 Å². The summed E-state index contributed by atoms with van der Waals surface area (Å²) in [7, 11) is 3.78. The van der Waals surface area contributed by atoms with Crippen molar-refractivity contribution in [2.24, 2.45) is 23.9 Å². The fourth-order valence-corrected chi connectivity index (χ4v) is 4.89. The molecule has 0 amide bonds. The molecule has 1 aromatic heterocycles. The molecule has 3 aliphatic rings. The van der Waals surface area contributed by atoms with E-state index in [0.29, 0.717) is 6.54 Å². The highest BCUT2D eigenvalue weighted by atomic mass is 15.4. The summed E-state index contributed by atoms with van der Waals surface area (Å²) in [6, 6.07) is 0.861. The third-order valence-electron chi connectivity index (χ3n) is 6.21. The number of guanidine groups is 1. The van der Waals surface area contributed by atoms with Crippen molar-refractivity contribution in [2.45, 2.75) is 38.3 Å². The fraction of sp³-hybridized carbons (Fsp3) is 0.824. The van der Waals surface area contributed by atoms with E-state index < -0.39 is 0 Å². The van der Waals surface area contributed by atoms with Gasteiger partial charge < -0.3 is 10.2 Å². The number of nitrogens with zero attached hydrogens (tertiary/aromatic N) is 6. The molecule has 2 aliphatic carbocycles. The minimum Gasteiger partial charge on any atom is -0.349 e. The Bertz CT molecular complexity index is 588. The highest BCUT2D eigenvalue weighted by molar-refractivity contribution is 5.79. The van der Waals surface area contributed by atoms with E-state index in [0.717, 1.165) is 42.8 Å². The van der Waals surface area contributed by atoms with Crippen LogP contribution < -0.4 is 5.32 Å². The van der Waals surface area contributed by atoms with Gasteiger partial charge in [-0.1, -0.05) is 6.42 Å². The fourth-order valence-electron chi connectivity index (χ4n) is 4.89. The summed E-state index contributed by atoms with van der Waals surface area (Å²) in [6.45, 7) is 5.12. The van der Waals surface area contributed by atoms with E-state index >= 15 is 0 Å². The normalized spacial score (nSPS) is 31.0. The molecule has 3 unspecified atom stereocenters. The number of piperazine rings is 1. The van der Waals surface area contributed by atoms with Crippen molar-refractivity contribution in [3.63, 3.8) is 0 Å². The van der Waals surface area contributed by atoms with Crippen LogP contribution in [0.25, 0.3) is 0 Å². The Morgan fingerprint density at radius 3 is 2.67 bits per heavy atom. The average molecular weight is 331 g/mol. The Kier molecular flexibility index (Phi) is 4.43. The van der Waals surface area contributed by atoms with Gasteiger partial charge in [0.25, 0.3) is 0 Å². The molecule has 0 radical (unpaired) electrons. The molecule has 2 bridgehead atoms. The topological polar surface area (TPSA) is 61.6 Å². The standard InChI is InChI=1S/C17H29N7/c1-18-17(19-11-16-20-12-21-22(16)2)24-7-5-23(6-8-24)15-10-13-3-4-14(15)9-13/h12-15H,3-11H2,1-2H3,(H,18,19). The molecule has 4 rings (SSSR count). The second kappa shape index (κ2) is 6.70. The van der Waals surface area contributed by atoms with Gasteiger partial charge in [-0.3, -0.25) is 14.6 Å². The van der Waals surface area contributed by atoms with Crippen LogP contribution in [-0.4, -0.2) is 69.8 Å².